The monoisotopic (exact) mass is 754 g/mol. The molecule has 4 aromatic heterocycles. The standard InChI is InChI=1S/C45H30N4O8/c1-55-43(52)25-8-4-22(5-9-25)38-36-16-14-32(46-36)28-18-26(44(53)56-2)20-30(41(28)50)34-12-10-23-6-7-24-11-13-35(49-40(24)39(23)48-34)31-21-27(45(54)57-3)19-29(42(31)51)33-15-17-37(38)47-33/h4-21,46,50-51H,1-3H3. The first kappa shape index (κ1) is 34.9. The van der Waals surface area contributed by atoms with Crippen molar-refractivity contribution in [2.45, 2.75) is 0 Å². The maximum atomic E-state index is 13.1. The SMILES string of the molecule is COC(=O)c1ccc(-c2c3nc(c4cc(C(=O)OC)cc(c4O)c4ccc5ccc6ccc(nc6c5n4)c4cc(C(=O)OC)cc(c4O)c4ccc2[nH]4)C=C3)cc1. The van der Waals surface area contributed by atoms with Gasteiger partial charge in [-0.1, -0.05) is 36.4 Å². The Hall–Kier alpha value is -7.86. The van der Waals surface area contributed by atoms with E-state index in [-0.39, 0.29) is 38.8 Å². The molecule has 12 heteroatoms. The second kappa shape index (κ2) is 13.5. The van der Waals surface area contributed by atoms with E-state index in [0.717, 1.165) is 10.8 Å². The number of aromatic nitrogens is 4. The van der Waals surface area contributed by atoms with Crippen LogP contribution in [0.3, 0.4) is 0 Å². The number of pyridine rings is 2. The summed E-state index contributed by atoms with van der Waals surface area (Å²) in [7, 11) is 3.87. The number of phenolic OH excluding ortho intramolecular Hbond substituents is 2. The third-order valence-electron chi connectivity index (χ3n) is 10.1. The van der Waals surface area contributed by atoms with Crippen LogP contribution in [0.2, 0.25) is 0 Å². The second-order valence-corrected chi connectivity index (χ2v) is 13.4. The molecule has 57 heavy (non-hydrogen) atoms. The van der Waals surface area contributed by atoms with Crippen LogP contribution >= 0.6 is 0 Å². The number of hydrogen-bond acceptors (Lipinski definition) is 11. The molecule has 0 amide bonds. The number of carbonyl (C=O) groups is 3. The zero-order valence-corrected chi connectivity index (χ0v) is 30.6. The Morgan fingerprint density at radius 1 is 0.509 bits per heavy atom. The van der Waals surface area contributed by atoms with E-state index in [1.807, 2.05) is 30.3 Å². The molecule has 0 spiro atoms. The number of H-pyrrole nitrogens is 1. The maximum Gasteiger partial charge on any atom is 0.337 e. The topological polar surface area (TPSA) is 174 Å². The number of esters is 3. The van der Waals surface area contributed by atoms with Gasteiger partial charge in [0.25, 0.3) is 0 Å². The van der Waals surface area contributed by atoms with Gasteiger partial charge in [0, 0.05) is 48.9 Å². The van der Waals surface area contributed by atoms with Crippen LogP contribution < -0.4 is 0 Å². The van der Waals surface area contributed by atoms with E-state index in [9.17, 15) is 24.6 Å². The summed E-state index contributed by atoms with van der Waals surface area (Å²) in [5, 5.41) is 26.6. The van der Waals surface area contributed by atoms with Gasteiger partial charge in [0.05, 0.1) is 71.5 Å². The van der Waals surface area contributed by atoms with E-state index in [1.165, 1.54) is 39.5 Å². The first-order valence-electron chi connectivity index (χ1n) is 17.7. The fraction of sp³-hybridized carbons (Fsp3) is 0.0667. The number of benzene rings is 4. The second-order valence-electron chi connectivity index (χ2n) is 13.4. The Morgan fingerprint density at radius 2 is 0.982 bits per heavy atom. The molecule has 12 nitrogen and oxygen atoms in total. The van der Waals surface area contributed by atoms with E-state index in [0.29, 0.717) is 66.6 Å². The van der Waals surface area contributed by atoms with Gasteiger partial charge in [0.2, 0.25) is 0 Å². The molecule has 4 aromatic carbocycles. The lowest BCUT2D eigenvalue weighted by Crippen LogP contribution is -2.01. The van der Waals surface area contributed by atoms with Crippen molar-refractivity contribution < 1.29 is 38.8 Å². The number of aromatic amines is 1. The Balaban J connectivity index is 1.51. The summed E-state index contributed by atoms with van der Waals surface area (Å²) in [6.45, 7) is 0. The molecule has 5 heterocycles. The molecule has 3 N–H and O–H groups in total. The van der Waals surface area contributed by atoms with Crippen LogP contribution in [0.25, 0.3) is 88.7 Å². The van der Waals surface area contributed by atoms with Crippen LogP contribution in [0, 0.1) is 0 Å². The molecule has 278 valence electrons. The normalized spacial score (nSPS) is 11.7. The molecular formula is C45H30N4O8. The molecule has 0 saturated carbocycles. The Morgan fingerprint density at radius 3 is 1.56 bits per heavy atom. The minimum atomic E-state index is -0.620. The predicted molar refractivity (Wildman–Crippen MR) is 217 cm³/mol. The van der Waals surface area contributed by atoms with Crippen LogP contribution in [0.1, 0.15) is 42.5 Å². The molecule has 0 fully saturated rings. The molecule has 0 unspecified atom stereocenters. The zero-order chi connectivity index (χ0) is 39.5. The number of phenols is 2. The number of nitrogens with zero attached hydrogens (tertiary/aromatic N) is 3. The summed E-state index contributed by atoms with van der Waals surface area (Å²) < 4.78 is 15.1. The summed E-state index contributed by atoms with van der Waals surface area (Å²) in [5.41, 5.74) is 5.55. The van der Waals surface area contributed by atoms with Crippen molar-refractivity contribution in [3.63, 3.8) is 0 Å². The highest BCUT2D eigenvalue weighted by Gasteiger charge is 2.19. The molecule has 1 aliphatic rings. The highest BCUT2D eigenvalue weighted by atomic mass is 16.5. The van der Waals surface area contributed by atoms with Crippen molar-refractivity contribution in [2.75, 3.05) is 21.3 Å². The predicted octanol–water partition coefficient (Wildman–Crippen LogP) is 8.73. The minimum Gasteiger partial charge on any atom is -0.507 e. The number of ether oxygens (including phenoxy) is 3. The summed E-state index contributed by atoms with van der Waals surface area (Å²) >= 11 is 0. The molecule has 0 saturated heterocycles. The van der Waals surface area contributed by atoms with Crippen LogP contribution in [0.15, 0.2) is 97.1 Å². The molecule has 8 aromatic rings. The number of methoxy groups -OCH3 is 3. The molecule has 0 radical (unpaired) electrons. The number of aromatic hydroxyl groups is 2. The zero-order valence-electron chi connectivity index (χ0n) is 30.6. The third kappa shape index (κ3) is 5.78. The Labute approximate surface area is 322 Å². The van der Waals surface area contributed by atoms with Gasteiger partial charge < -0.3 is 29.4 Å². The van der Waals surface area contributed by atoms with Gasteiger partial charge >= 0.3 is 17.9 Å². The molecule has 0 aliphatic carbocycles. The molecule has 0 atom stereocenters. The number of rotatable bonds is 4. The number of carbonyl (C=O) groups excluding carboxylic acids is 3. The largest absolute Gasteiger partial charge is 0.507 e. The van der Waals surface area contributed by atoms with Gasteiger partial charge in [-0.25, -0.2) is 29.3 Å². The van der Waals surface area contributed by atoms with Crippen molar-refractivity contribution in [2.24, 2.45) is 0 Å². The quantitative estimate of drug-likeness (QED) is 0.0891. The molecular weight excluding hydrogens is 725 g/mol. The highest BCUT2D eigenvalue weighted by Crippen LogP contribution is 2.38. The van der Waals surface area contributed by atoms with Gasteiger partial charge in [-0.3, -0.25) is 0 Å². The average molecular weight is 755 g/mol. The maximum absolute atomic E-state index is 13.1. The van der Waals surface area contributed by atoms with Crippen molar-refractivity contribution in [3.05, 3.63) is 125 Å². The summed E-state index contributed by atoms with van der Waals surface area (Å²) in [6.07, 6.45) is 3.50. The lowest BCUT2D eigenvalue weighted by molar-refractivity contribution is 0.0592. The van der Waals surface area contributed by atoms with Crippen molar-refractivity contribution in [1.82, 2.24) is 19.9 Å². The van der Waals surface area contributed by atoms with Crippen molar-refractivity contribution in [3.8, 4) is 22.6 Å². The van der Waals surface area contributed by atoms with E-state index < -0.39 is 17.9 Å². The van der Waals surface area contributed by atoms with Gasteiger partial charge in [0.15, 0.2) is 0 Å². The summed E-state index contributed by atoms with van der Waals surface area (Å²) in [5.74, 6) is -2.02. The average Bonchev–Trinajstić information content (AvgIpc) is 3.94. The number of nitrogens with one attached hydrogen (secondary N) is 1. The van der Waals surface area contributed by atoms with Crippen LogP contribution in [-0.2, 0) is 14.2 Å². The molecule has 9 rings (SSSR count). The summed E-state index contributed by atoms with van der Waals surface area (Å²) in [4.78, 5) is 56.9. The fourth-order valence-corrected chi connectivity index (χ4v) is 7.28. The molecule has 1 aliphatic heterocycles. The minimum absolute atomic E-state index is 0.135. The highest BCUT2D eigenvalue weighted by molar-refractivity contribution is 6.10. The van der Waals surface area contributed by atoms with Gasteiger partial charge in [-0.05, 0) is 78.4 Å². The third-order valence-corrected chi connectivity index (χ3v) is 10.1. The van der Waals surface area contributed by atoms with Gasteiger partial charge in [0.1, 0.15) is 11.5 Å². The van der Waals surface area contributed by atoms with E-state index >= 15 is 0 Å². The van der Waals surface area contributed by atoms with Gasteiger partial charge in [-0.2, -0.15) is 0 Å². The van der Waals surface area contributed by atoms with Crippen molar-refractivity contribution in [1.29, 1.82) is 0 Å². The smallest absolute Gasteiger partial charge is 0.337 e. The fourth-order valence-electron chi connectivity index (χ4n) is 7.28. The first-order valence-corrected chi connectivity index (χ1v) is 17.7. The lowest BCUT2D eigenvalue weighted by atomic mass is 10.0. The number of fused-ring (bicyclic) bond motifs is 14. The first-order chi connectivity index (χ1) is 27.6. The molecule has 12 bridgehead atoms. The Bertz CT molecular complexity index is 3220. The number of hydrogen-bond donors (Lipinski definition) is 3. The Kier molecular flexibility index (Phi) is 8.24. The van der Waals surface area contributed by atoms with Crippen LogP contribution in [-0.4, -0.2) is 69.4 Å². The van der Waals surface area contributed by atoms with E-state index in [4.69, 9.17) is 29.2 Å². The summed E-state index contributed by atoms with van der Waals surface area (Å²) in [6, 6.07) is 27.5. The van der Waals surface area contributed by atoms with Crippen molar-refractivity contribution >= 4 is 95.5 Å². The van der Waals surface area contributed by atoms with E-state index in [1.54, 1.807) is 60.7 Å². The van der Waals surface area contributed by atoms with E-state index in [2.05, 4.69) is 4.98 Å². The van der Waals surface area contributed by atoms with Crippen LogP contribution in [0.4, 0.5) is 0 Å². The van der Waals surface area contributed by atoms with Gasteiger partial charge in [-0.15, -0.1) is 0 Å². The van der Waals surface area contributed by atoms with Crippen LogP contribution in [0.5, 0.6) is 11.5 Å². The lowest BCUT2D eigenvalue weighted by Gasteiger charge is -2.08.